The molecule has 23 heavy (non-hydrogen) atoms. The minimum Gasteiger partial charge on any atom is -0.328 e. The molecular formula is C17H21N5S. The summed E-state index contributed by atoms with van der Waals surface area (Å²) in [4.78, 5) is 17.5. The summed E-state index contributed by atoms with van der Waals surface area (Å²) in [6.07, 6.45) is 10.5. The summed E-state index contributed by atoms with van der Waals surface area (Å²) in [5, 5.41) is 0.845. The lowest BCUT2D eigenvalue weighted by atomic mass is 10.2. The van der Waals surface area contributed by atoms with Crippen LogP contribution in [0.3, 0.4) is 0 Å². The molecule has 0 bridgehead atoms. The van der Waals surface area contributed by atoms with Crippen LogP contribution in [0.2, 0.25) is 0 Å². The molecule has 0 aliphatic rings. The predicted octanol–water partition coefficient (Wildman–Crippen LogP) is 3.66. The van der Waals surface area contributed by atoms with Gasteiger partial charge in [0.2, 0.25) is 0 Å². The van der Waals surface area contributed by atoms with Crippen LogP contribution in [-0.2, 0) is 13.0 Å². The third-order valence-corrected chi connectivity index (χ3v) is 4.65. The van der Waals surface area contributed by atoms with Crippen LogP contribution >= 0.6 is 11.8 Å². The highest BCUT2D eigenvalue weighted by Gasteiger charge is 2.12. The zero-order valence-electron chi connectivity index (χ0n) is 13.6. The zero-order valence-corrected chi connectivity index (χ0v) is 14.4. The summed E-state index contributed by atoms with van der Waals surface area (Å²) in [5.74, 6) is 2.17. The van der Waals surface area contributed by atoms with Crippen LogP contribution in [0.15, 0.2) is 36.0 Å². The Hall–Kier alpha value is -1.95. The minimum atomic E-state index is 0.845. The van der Waals surface area contributed by atoms with Crippen LogP contribution in [0.1, 0.15) is 31.2 Å². The molecule has 3 heterocycles. The number of thioether (sulfide) groups is 1. The van der Waals surface area contributed by atoms with Gasteiger partial charge in [0.05, 0.1) is 11.7 Å². The van der Waals surface area contributed by atoms with Gasteiger partial charge in [0.1, 0.15) is 11.3 Å². The molecule has 0 aromatic carbocycles. The zero-order chi connectivity index (χ0) is 16.1. The fourth-order valence-corrected chi connectivity index (χ4v) is 3.43. The standard InChI is InChI=1S/C17H21N5S/c1-3-6-15-21-14-12-18-11-13(2)16(14)22(15)9-5-10-23-17-19-7-4-8-20-17/h4,7-8,11-12H,3,5-6,9-10H2,1-2H3. The molecule has 3 rings (SSSR count). The lowest BCUT2D eigenvalue weighted by Crippen LogP contribution is -2.05. The van der Waals surface area contributed by atoms with E-state index in [-0.39, 0.29) is 0 Å². The SMILES string of the molecule is CCCc1nc2cncc(C)c2n1CCCSc1ncccn1. The molecule has 0 aliphatic heterocycles. The molecule has 0 saturated heterocycles. The average Bonchev–Trinajstić information content (AvgIpc) is 2.92. The third kappa shape index (κ3) is 3.69. The van der Waals surface area contributed by atoms with Crippen LogP contribution in [0.25, 0.3) is 11.0 Å². The maximum Gasteiger partial charge on any atom is 0.187 e. The summed E-state index contributed by atoms with van der Waals surface area (Å²) >= 11 is 1.70. The Bertz CT molecular complexity index is 769. The maximum atomic E-state index is 4.77. The number of rotatable bonds is 7. The molecule has 0 fully saturated rings. The van der Waals surface area contributed by atoms with Gasteiger partial charge in [-0.3, -0.25) is 4.98 Å². The van der Waals surface area contributed by atoms with Crippen molar-refractivity contribution in [3.63, 3.8) is 0 Å². The summed E-state index contributed by atoms with van der Waals surface area (Å²) in [6, 6.07) is 1.84. The Kier molecular flexibility index (Phi) is 5.23. The van der Waals surface area contributed by atoms with E-state index in [1.807, 2.05) is 18.5 Å². The molecule has 5 nitrogen and oxygen atoms in total. The van der Waals surface area contributed by atoms with Gasteiger partial charge in [-0.25, -0.2) is 15.0 Å². The van der Waals surface area contributed by atoms with Gasteiger partial charge in [-0.2, -0.15) is 0 Å². The smallest absolute Gasteiger partial charge is 0.187 e. The van der Waals surface area contributed by atoms with E-state index in [1.165, 1.54) is 16.9 Å². The molecule has 0 N–H and O–H groups in total. The Morgan fingerprint density at radius 1 is 1.17 bits per heavy atom. The number of nitrogens with zero attached hydrogens (tertiary/aromatic N) is 5. The van der Waals surface area contributed by atoms with Crippen molar-refractivity contribution in [3.05, 3.63) is 42.2 Å². The summed E-state index contributed by atoms with van der Waals surface area (Å²) in [7, 11) is 0. The Morgan fingerprint density at radius 3 is 2.78 bits per heavy atom. The molecule has 0 spiro atoms. The van der Waals surface area contributed by atoms with E-state index in [4.69, 9.17) is 4.98 Å². The number of imidazole rings is 1. The summed E-state index contributed by atoms with van der Waals surface area (Å²) in [5.41, 5.74) is 3.42. The molecule has 6 heteroatoms. The Morgan fingerprint density at radius 2 is 2.00 bits per heavy atom. The van der Waals surface area contributed by atoms with E-state index in [1.54, 1.807) is 24.2 Å². The number of aromatic nitrogens is 5. The van der Waals surface area contributed by atoms with Crippen molar-refractivity contribution in [1.29, 1.82) is 0 Å². The second-order valence-electron chi connectivity index (χ2n) is 5.49. The van der Waals surface area contributed by atoms with Crippen LogP contribution < -0.4 is 0 Å². The van der Waals surface area contributed by atoms with Crippen molar-refractivity contribution in [2.24, 2.45) is 0 Å². The highest BCUT2D eigenvalue weighted by Crippen LogP contribution is 2.21. The summed E-state index contributed by atoms with van der Waals surface area (Å²) < 4.78 is 2.36. The number of hydrogen-bond donors (Lipinski definition) is 0. The number of fused-ring (bicyclic) bond motifs is 1. The van der Waals surface area contributed by atoms with Gasteiger partial charge >= 0.3 is 0 Å². The van der Waals surface area contributed by atoms with Gasteiger partial charge in [0.25, 0.3) is 0 Å². The van der Waals surface area contributed by atoms with Crippen LogP contribution in [0, 0.1) is 6.92 Å². The first kappa shape index (κ1) is 15.9. The van der Waals surface area contributed by atoms with E-state index < -0.39 is 0 Å². The van der Waals surface area contributed by atoms with Crippen molar-refractivity contribution in [2.45, 2.75) is 44.8 Å². The normalized spacial score (nSPS) is 11.2. The molecule has 3 aromatic heterocycles. The first-order chi connectivity index (χ1) is 11.3. The van der Waals surface area contributed by atoms with Crippen LogP contribution in [0.5, 0.6) is 0 Å². The second kappa shape index (κ2) is 7.55. The largest absolute Gasteiger partial charge is 0.328 e. The average molecular weight is 327 g/mol. The van der Waals surface area contributed by atoms with Gasteiger partial charge in [0.15, 0.2) is 5.16 Å². The topological polar surface area (TPSA) is 56.5 Å². The van der Waals surface area contributed by atoms with E-state index in [2.05, 4.69) is 33.4 Å². The Balaban J connectivity index is 1.72. The predicted molar refractivity (Wildman–Crippen MR) is 93.6 cm³/mol. The van der Waals surface area contributed by atoms with E-state index >= 15 is 0 Å². The van der Waals surface area contributed by atoms with Gasteiger partial charge in [-0.1, -0.05) is 18.7 Å². The minimum absolute atomic E-state index is 0.845. The Labute approximate surface area is 140 Å². The van der Waals surface area contributed by atoms with Crippen LogP contribution in [0.4, 0.5) is 0 Å². The third-order valence-electron chi connectivity index (χ3n) is 3.69. The summed E-state index contributed by atoms with van der Waals surface area (Å²) in [6.45, 7) is 5.27. The number of pyridine rings is 1. The lowest BCUT2D eigenvalue weighted by molar-refractivity contribution is 0.648. The van der Waals surface area contributed by atoms with Gasteiger partial charge in [-0.15, -0.1) is 0 Å². The van der Waals surface area contributed by atoms with Crippen molar-refractivity contribution < 1.29 is 0 Å². The van der Waals surface area contributed by atoms with Crippen molar-refractivity contribution in [1.82, 2.24) is 24.5 Å². The van der Waals surface area contributed by atoms with E-state index in [9.17, 15) is 0 Å². The fourth-order valence-electron chi connectivity index (χ4n) is 2.71. The van der Waals surface area contributed by atoms with Gasteiger partial charge < -0.3 is 4.57 Å². The first-order valence-electron chi connectivity index (χ1n) is 7.99. The molecule has 0 amide bonds. The molecule has 120 valence electrons. The second-order valence-corrected chi connectivity index (χ2v) is 6.55. The van der Waals surface area contributed by atoms with E-state index in [0.717, 1.165) is 42.2 Å². The monoisotopic (exact) mass is 327 g/mol. The van der Waals surface area contributed by atoms with Crippen LogP contribution in [-0.4, -0.2) is 30.3 Å². The van der Waals surface area contributed by atoms with Crippen molar-refractivity contribution in [3.8, 4) is 0 Å². The van der Waals surface area contributed by atoms with Gasteiger partial charge in [-0.05, 0) is 31.4 Å². The number of hydrogen-bond acceptors (Lipinski definition) is 5. The molecule has 3 aromatic rings. The molecule has 0 atom stereocenters. The highest BCUT2D eigenvalue weighted by molar-refractivity contribution is 7.99. The molecule has 0 unspecified atom stereocenters. The van der Waals surface area contributed by atoms with E-state index in [0.29, 0.717) is 0 Å². The lowest BCUT2D eigenvalue weighted by Gasteiger charge is -2.09. The fraction of sp³-hybridized carbons (Fsp3) is 0.412. The van der Waals surface area contributed by atoms with Crippen molar-refractivity contribution in [2.75, 3.05) is 5.75 Å². The maximum absolute atomic E-state index is 4.77. The molecule has 0 aliphatic carbocycles. The number of aryl methyl sites for hydroxylation is 3. The molecule has 0 radical (unpaired) electrons. The van der Waals surface area contributed by atoms with Gasteiger partial charge in [0, 0.05) is 37.3 Å². The first-order valence-corrected chi connectivity index (χ1v) is 8.97. The van der Waals surface area contributed by atoms with Crippen molar-refractivity contribution >= 4 is 22.8 Å². The quantitative estimate of drug-likeness (QED) is 0.376. The molecule has 0 saturated carbocycles. The highest BCUT2D eigenvalue weighted by atomic mass is 32.2. The molecular weight excluding hydrogens is 306 g/mol.